The van der Waals surface area contributed by atoms with E-state index in [9.17, 15) is 14.2 Å². The quantitative estimate of drug-likeness (QED) is 0.264. The molecule has 1 N–H and O–H groups in total. The highest BCUT2D eigenvalue weighted by molar-refractivity contribution is 7.54. The van der Waals surface area contributed by atoms with E-state index in [1.807, 2.05) is 0 Å². The Labute approximate surface area is 156 Å². The highest BCUT2D eigenvalue weighted by Crippen LogP contribution is 2.48. The van der Waals surface area contributed by atoms with Gasteiger partial charge in [-0.3, -0.25) is 9.13 Å². The molecule has 0 aromatic carbocycles. The van der Waals surface area contributed by atoms with Gasteiger partial charge in [-0.25, -0.2) is 0 Å². The first-order valence-electron chi connectivity index (χ1n) is 8.95. The van der Waals surface area contributed by atoms with E-state index >= 15 is 0 Å². The number of hydrogen-bond donors (Lipinski definition) is 1. The average molecular weight is 420 g/mol. The summed E-state index contributed by atoms with van der Waals surface area (Å²) in [6.07, 6.45) is -0.378. The monoisotopic (exact) mass is 420 g/mol. The highest BCUT2D eigenvalue weighted by Gasteiger charge is 2.25. The summed E-state index contributed by atoms with van der Waals surface area (Å²) in [5.74, 6) is 0. The van der Waals surface area contributed by atoms with Crippen LogP contribution >= 0.6 is 15.2 Å². The fourth-order valence-electron chi connectivity index (χ4n) is 2.00. The van der Waals surface area contributed by atoms with Crippen molar-refractivity contribution in [3.05, 3.63) is 0 Å². The summed E-state index contributed by atoms with van der Waals surface area (Å²) in [4.78, 5) is 0. The molecular weight excluding hydrogens is 386 g/mol. The second-order valence-electron chi connectivity index (χ2n) is 5.09. The maximum atomic E-state index is 12.3. The van der Waals surface area contributed by atoms with E-state index in [-0.39, 0.29) is 52.0 Å². The molecule has 26 heavy (non-hydrogen) atoms. The van der Waals surface area contributed by atoms with Crippen molar-refractivity contribution in [3.63, 3.8) is 0 Å². The minimum absolute atomic E-state index is 0.0923. The predicted molar refractivity (Wildman–Crippen MR) is 99.1 cm³/mol. The lowest BCUT2D eigenvalue weighted by Gasteiger charge is -2.20. The van der Waals surface area contributed by atoms with Crippen molar-refractivity contribution in [2.75, 3.05) is 65.2 Å². The van der Waals surface area contributed by atoms with Gasteiger partial charge in [0.2, 0.25) is 0 Å². The fraction of sp³-hybridized carbons (Fsp3) is 1.00. The second kappa shape index (κ2) is 15.1. The van der Waals surface area contributed by atoms with Crippen LogP contribution in [0.1, 0.15) is 27.7 Å². The summed E-state index contributed by atoms with van der Waals surface area (Å²) in [7, 11) is -6.32. The molecule has 0 radical (unpaired) electrons. The molecule has 0 saturated carbocycles. The van der Waals surface area contributed by atoms with Gasteiger partial charge in [-0.2, -0.15) is 0 Å². The molecule has 0 heterocycles. The number of hydrogen-bond acceptors (Lipinski definition) is 9. The van der Waals surface area contributed by atoms with Crippen LogP contribution in [-0.2, 0) is 36.7 Å². The van der Waals surface area contributed by atoms with Crippen molar-refractivity contribution in [1.82, 2.24) is 0 Å². The first kappa shape index (κ1) is 26.2. The molecule has 0 saturated heterocycles. The molecule has 1 atom stereocenters. The number of aliphatic hydroxyl groups excluding tert-OH is 1. The van der Waals surface area contributed by atoms with Crippen LogP contribution in [0, 0.1) is 0 Å². The zero-order chi connectivity index (χ0) is 19.9. The van der Waals surface area contributed by atoms with Crippen LogP contribution in [0.2, 0.25) is 0 Å². The van der Waals surface area contributed by atoms with Gasteiger partial charge in [0, 0.05) is 0 Å². The normalized spacial score (nSPS) is 13.9. The molecule has 0 aromatic heterocycles. The van der Waals surface area contributed by atoms with E-state index < -0.39 is 21.3 Å². The van der Waals surface area contributed by atoms with Crippen LogP contribution < -0.4 is 0 Å². The number of aliphatic hydroxyl groups is 1. The van der Waals surface area contributed by atoms with E-state index in [1.54, 1.807) is 27.7 Å². The molecule has 0 aliphatic carbocycles. The molecule has 0 rings (SSSR count). The molecule has 0 spiro atoms. The van der Waals surface area contributed by atoms with E-state index in [2.05, 4.69) is 0 Å². The molecular formula is C15H34O9P2. The largest absolute Gasteiger partial charge is 0.394 e. The summed E-state index contributed by atoms with van der Waals surface area (Å²) in [6, 6.07) is 0. The fourth-order valence-corrected chi connectivity index (χ4v) is 4.92. The number of rotatable bonds is 18. The third-order valence-electron chi connectivity index (χ3n) is 3.04. The van der Waals surface area contributed by atoms with Gasteiger partial charge in [0.25, 0.3) is 0 Å². The molecule has 0 amide bonds. The van der Waals surface area contributed by atoms with E-state index in [4.69, 9.17) is 27.6 Å². The highest BCUT2D eigenvalue weighted by atomic mass is 31.2. The zero-order valence-corrected chi connectivity index (χ0v) is 18.0. The van der Waals surface area contributed by atoms with Gasteiger partial charge in [-0.15, -0.1) is 0 Å². The summed E-state index contributed by atoms with van der Waals surface area (Å²) < 4.78 is 56.1. The average Bonchev–Trinajstić information content (AvgIpc) is 2.58. The summed E-state index contributed by atoms with van der Waals surface area (Å²) >= 11 is 0. The van der Waals surface area contributed by atoms with Gasteiger partial charge in [0.1, 0.15) is 6.10 Å². The lowest BCUT2D eigenvalue weighted by Crippen LogP contribution is -2.26. The van der Waals surface area contributed by atoms with Crippen molar-refractivity contribution in [2.24, 2.45) is 0 Å². The minimum atomic E-state index is -3.17. The molecule has 0 bridgehead atoms. The van der Waals surface area contributed by atoms with Crippen molar-refractivity contribution < 1.29 is 41.8 Å². The Morgan fingerprint density at radius 1 is 0.769 bits per heavy atom. The molecule has 9 nitrogen and oxygen atoms in total. The first-order chi connectivity index (χ1) is 12.4. The van der Waals surface area contributed by atoms with Crippen molar-refractivity contribution in [2.45, 2.75) is 33.8 Å². The first-order valence-corrected chi connectivity index (χ1v) is 12.4. The third kappa shape index (κ3) is 11.8. The SMILES string of the molecule is CCOP(=O)(CCOCC(CO)OCCP(=O)(OCC)OCC)OCC. The van der Waals surface area contributed by atoms with Gasteiger partial charge in [-0.05, 0) is 27.7 Å². The molecule has 0 aliphatic heterocycles. The van der Waals surface area contributed by atoms with Gasteiger partial charge in [0.05, 0.1) is 65.2 Å². The van der Waals surface area contributed by atoms with E-state index in [0.717, 1.165) is 0 Å². The second-order valence-corrected chi connectivity index (χ2v) is 9.46. The maximum Gasteiger partial charge on any atom is 0.332 e. The Morgan fingerprint density at radius 3 is 1.58 bits per heavy atom. The Kier molecular flexibility index (Phi) is 15.2. The van der Waals surface area contributed by atoms with Gasteiger partial charge >= 0.3 is 15.2 Å². The lowest BCUT2D eigenvalue weighted by atomic mass is 10.4. The molecule has 158 valence electrons. The Balaban J connectivity index is 4.19. The van der Waals surface area contributed by atoms with E-state index in [1.165, 1.54) is 0 Å². The lowest BCUT2D eigenvalue weighted by molar-refractivity contribution is -0.0359. The molecule has 11 heteroatoms. The Bertz CT molecular complexity index is 413. The van der Waals surface area contributed by atoms with Crippen LogP contribution in [0.4, 0.5) is 0 Å². The third-order valence-corrected chi connectivity index (χ3v) is 7.11. The smallest absolute Gasteiger partial charge is 0.332 e. The van der Waals surface area contributed by atoms with Crippen molar-refractivity contribution in [1.29, 1.82) is 0 Å². The van der Waals surface area contributed by atoms with Crippen LogP contribution in [0.15, 0.2) is 0 Å². The van der Waals surface area contributed by atoms with Crippen LogP contribution in [0.3, 0.4) is 0 Å². The van der Waals surface area contributed by atoms with Crippen LogP contribution in [-0.4, -0.2) is 76.4 Å². The summed E-state index contributed by atoms with van der Waals surface area (Å²) in [5, 5.41) is 9.35. The van der Waals surface area contributed by atoms with Gasteiger partial charge in [-0.1, -0.05) is 0 Å². The summed E-state index contributed by atoms with van der Waals surface area (Å²) in [5.41, 5.74) is 0. The Morgan fingerprint density at radius 2 is 1.19 bits per heavy atom. The topological polar surface area (TPSA) is 110 Å². The standard InChI is InChI=1S/C15H34O9P2/c1-5-21-25(17,22-6-2)11-9-19-14-15(13-16)20-10-12-26(18,23-7-3)24-8-4/h15-16H,5-14H2,1-4H3. The zero-order valence-electron chi connectivity index (χ0n) is 16.3. The van der Waals surface area contributed by atoms with Crippen LogP contribution in [0.25, 0.3) is 0 Å². The van der Waals surface area contributed by atoms with Crippen molar-refractivity contribution >= 4 is 15.2 Å². The molecule has 0 fully saturated rings. The summed E-state index contributed by atoms with van der Waals surface area (Å²) in [6.45, 7) is 8.18. The Hall–Kier alpha value is 0.180. The van der Waals surface area contributed by atoms with Gasteiger partial charge in [0.15, 0.2) is 0 Å². The molecule has 1 unspecified atom stereocenters. The van der Waals surface area contributed by atoms with Crippen molar-refractivity contribution in [3.8, 4) is 0 Å². The van der Waals surface area contributed by atoms with Gasteiger partial charge < -0.3 is 32.7 Å². The maximum absolute atomic E-state index is 12.3. The minimum Gasteiger partial charge on any atom is -0.394 e. The van der Waals surface area contributed by atoms with E-state index in [0.29, 0.717) is 13.2 Å². The predicted octanol–water partition coefficient (Wildman–Crippen LogP) is 2.91. The molecule has 0 aromatic rings. The molecule has 0 aliphatic rings. The van der Waals surface area contributed by atoms with Crippen LogP contribution in [0.5, 0.6) is 0 Å². The number of ether oxygens (including phenoxy) is 2.